The number of oxime groups is 1. The fourth-order valence-corrected chi connectivity index (χ4v) is 2.78. The molecule has 1 N–H and O–H groups in total. The van der Waals surface area contributed by atoms with Gasteiger partial charge in [0.1, 0.15) is 5.75 Å². The molecule has 1 aromatic carbocycles. The largest absolute Gasteiger partial charge is 0.489 e. The summed E-state index contributed by atoms with van der Waals surface area (Å²) in [5.74, 6) is 0.742. The Balaban J connectivity index is 3.20. The zero-order chi connectivity index (χ0) is 11.4. The quantitative estimate of drug-likeness (QED) is 0.374. The predicted octanol–water partition coefficient (Wildman–Crippen LogP) is 3.65. The van der Waals surface area contributed by atoms with Gasteiger partial charge in [-0.1, -0.05) is 21.1 Å². The van der Waals surface area contributed by atoms with Gasteiger partial charge in [-0.2, -0.15) is 0 Å². The third-order valence-corrected chi connectivity index (χ3v) is 2.85. The average molecular weight is 384 g/mol. The second-order valence-corrected chi connectivity index (χ2v) is 5.30. The van der Waals surface area contributed by atoms with Crippen LogP contribution in [0.5, 0.6) is 5.75 Å². The first-order chi connectivity index (χ1) is 7.04. The van der Waals surface area contributed by atoms with Crippen LogP contribution in [0.25, 0.3) is 0 Å². The zero-order valence-electron chi connectivity index (χ0n) is 8.37. The molecule has 0 aliphatic rings. The summed E-state index contributed by atoms with van der Waals surface area (Å²) in [6, 6.07) is 3.80. The maximum absolute atomic E-state index is 8.56. The summed E-state index contributed by atoms with van der Waals surface area (Å²) >= 11 is 5.57. The van der Waals surface area contributed by atoms with Gasteiger partial charge in [0.25, 0.3) is 0 Å². The van der Waals surface area contributed by atoms with Gasteiger partial charge in [-0.3, -0.25) is 0 Å². The van der Waals surface area contributed by atoms with E-state index in [1.165, 1.54) is 6.21 Å². The summed E-state index contributed by atoms with van der Waals surface area (Å²) in [5.41, 5.74) is 0.755. The van der Waals surface area contributed by atoms with Gasteiger partial charge in [-0.25, -0.2) is 0 Å². The van der Waals surface area contributed by atoms with Crippen molar-refractivity contribution in [3.8, 4) is 5.75 Å². The molecule has 0 atom stereocenters. The average Bonchev–Trinajstić information content (AvgIpc) is 2.11. The van der Waals surface area contributed by atoms with Crippen LogP contribution in [0.1, 0.15) is 19.4 Å². The van der Waals surface area contributed by atoms with Crippen molar-refractivity contribution in [2.45, 2.75) is 20.0 Å². The minimum absolute atomic E-state index is 0.0885. The van der Waals surface area contributed by atoms with Crippen molar-refractivity contribution in [1.82, 2.24) is 0 Å². The molecule has 1 aromatic rings. The van der Waals surface area contributed by atoms with E-state index in [9.17, 15) is 0 Å². The molecular weight excluding hydrogens is 373 g/mol. The predicted molar refractivity (Wildman–Crippen MR) is 72.0 cm³/mol. The van der Waals surface area contributed by atoms with Crippen LogP contribution in [-0.4, -0.2) is 17.5 Å². The first kappa shape index (κ1) is 12.8. The second kappa shape index (κ2) is 5.69. The van der Waals surface area contributed by atoms with Crippen molar-refractivity contribution >= 4 is 44.7 Å². The Morgan fingerprint density at radius 1 is 1.53 bits per heavy atom. The normalized spacial score (nSPS) is 11.3. The number of benzene rings is 1. The Bertz CT molecular complexity index is 380. The Morgan fingerprint density at radius 2 is 2.20 bits per heavy atom. The first-order valence-corrected chi connectivity index (χ1v) is 6.25. The van der Waals surface area contributed by atoms with Crippen molar-refractivity contribution in [3.05, 3.63) is 25.7 Å². The number of nitrogens with zero attached hydrogens (tertiary/aromatic N) is 1. The molecule has 82 valence electrons. The molecule has 5 heteroatoms. The van der Waals surface area contributed by atoms with E-state index >= 15 is 0 Å². The fraction of sp³-hybridized carbons (Fsp3) is 0.300. The highest BCUT2D eigenvalue weighted by molar-refractivity contribution is 14.1. The molecule has 0 unspecified atom stereocenters. The van der Waals surface area contributed by atoms with Gasteiger partial charge in [0.2, 0.25) is 0 Å². The zero-order valence-corrected chi connectivity index (χ0v) is 12.1. The van der Waals surface area contributed by atoms with E-state index in [1.807, 2.05) is 26.0 Å². The second-order valence-electron chi connectivity index (χ2n) is 3.22. The molecule has 0 aliphatic carbocycles. The van der Waals surface area contributed by atoms with E-state index in [0.717, 1.165) is 19.4 Å². The molecule has 0 amide bonds. The van der Waals surface area contributed by atoms with Gasteiger partial charge >= 0.3 is 0 Å². The van der Waals surface area contributed by atoms with Crippen LogP contribution >= 0.6 is 38.5 Å². The number of ether oxygens (including phenoxy) is 1. The Morgan fingerprint density at radius 3 is 2.73 bits per heavy atom. The van der Waals surface area contributed by atoms with Crippen LogP contribution in [0.3, 0.4) is 0 Å². The van der Waals surface area contributed by atoms with Crippen LogP contribution in [0.2, 0.25) is 0 Å². The molecule has 0 radical (unpaired) electrons. The lowest BCUT2D eigenvalue weighted by Gasteiger charge is -2.14. The van der Waals surface area contributed by atoms with Gasteiger partial charge in [-0.05, 0) is 48.6 Å². The van der Waals surface area contributed by atoms with Crippen molar-refractivity contribution in [2.75, 3.05) is 0 Å². The topological polar surface area (TPSA) is 41.8 Å². The SMILES string of the molecule is CC(C)Oc1c(I)cc(Br)cc1C=NO. The van der Waals surface area contributed by atoms with E-state index in [-0.39, 0.29) is 6.10 Å². The molecule has 0 bridgehead atoms. The first-order valence-electron chi connectivity index (χ1n) is 4.37. The smallest absolute Gasteiger partial charge is 0.141 e. The van der Waals surface area contributed by atoms with Gasteiger partial charge in [0, 0.05) is 10.0 Å². The summed E-state index contributed by atoms with van der Waals surface area (Å²) in [6.07, 6.45) is 1.45. The molecule has 3 nitrogen and oxygen atoms in total. The van der Waals surface area contributed by atoms with E-state index in [1.54, 1.807) is 0 Å². The van der Waals surface area contributed by atoms with Gasteiger partial charge < -0.3 is 9.94 Å². The highest BCUT2D eigenvalue weighted by Crippen LogP contribution is 2.29. The Labute approximate surface area is 111 Å². The van der Waals surface area contributed by atoms with Crippen molar-refractivity contribution in [3.63, 3.8) is 0 Å². The Kier molecular flexibility index (Phi) is 4.85. The lowest BCUT2D eigenvalue weighted by atomic mass is 10.2. The lowest BCUT2D eigenvalue weighted by Crippen LogP contribution is -2.08. The summed E-state index contributed by atoms with van der Waals surface area (Å²) in [7, 11) is 0. The van der Waals surface area contributed by atoms with Crippen LogP contribution in [0, 0.1) is 3.57 Å². The summed E-state index contributed by atoms with van der Waals surface area (Å²) in [6.45, 7) is 3.91. The minimum Gasteiger partial charge on any atom is -0.489 e. The fourth-order valence-electron chi connectivity index (χ4n) is 1.10. The lowest BCUT2D eigenvalue weighted by molar-refractivity contribution is 0.240. The van der Waals surface area contributed by atoms with E-state index in [0.29, 0.717) is 0 Å². The van der Waals surface area contributed by atoms with E-state index < -0.39 is 0 Å². The van der Waals surface area contributed by atoms with Crippen molar-refractivity contribution in [2.24, 2.45) is 5.16 Å². The molecule has 0 spiro atoms. The highest BCUT2D eigenvalue weighted by Gasteiger charge is 2.10. The molecule has 0 fully saturated rings. The van der Waals surface area contributed by atoms with E-state index in [4.69, 9.17) is 9.94 Å². The van der Waals surface area contributed by atoms with Crippen molar-refractivity contribution in [1.29, 1.82) is 0 Å². The number of hydrogen-bond acceptors (Lipinski definition) is 3. The van der Waals surface area contributed by atoms with Crippen molar-refractivity contribution < 1.29 is 9.94 Å². The monoisotopic (exact) mass is 383 g/mol. The van der Waals surface area contributed by atoms with Crippen LogP contribution in [-0.2, 0) is 0 Å². The maximum atomic E-state index is 8.56. The molecule has 1 rings (SSSR count). The third-order valence-electron chi connectivity index (χ3n) is 1.59. The maximum Gasteiger partial charge on any atom is 0.141 e. The molecular formula is C10H11BrINO2. The van der Waals surface area contributed by atoms with Gasteiger partial charge in [0.05, 0.1) is 15.9 Å². The van der Waals surface area contributed by atoms with Gasteiger partial charge in [-0.15, -0.1) is 0 Å². The molecule has 15 heavy (non-hydrogen) atoms. The van der Waals surface area contributed by atoms with E-state index in [2.05, 4.69) is 43.7 Å². The Hall–Kier alpha value is -0.300. The number of rotatable bonds is 3. The standard InChI is InChI=1S/C10H11BrINO2/c1-6(2)15-10-7(5-13-14)3-8(11)4-9(10)12/h3-6,14H,1-2H3. The van der Waals surface area contributed by atoms with Crippen LogP contribution < -0.4 is 4.74 Å². The minimum atomic E-state index is 0.0885. The van der Waals surface area contributed by atoms with Crippen LogP contribution in [0.15, 0.2) is 21.8 Å². The molecule has 0 saturated carbocycles. The highest BCUT2D eigenvalue weighted by atomic mass is 127. The van der Waals surface area contributed by atoms with Gasteiger partial charge in [0.15, 0.2) is 0 Å². The molecule has 0 aliphatic heterocycles. The molecule has 0 aromatic heterocycles. The number of halogens is 2. The third kappa shape index (κ3) is 3.64. The number of hydrogen-bond donors (Lipinski definition) is 1. The summed E-state index contributed by atoms with van der Waals surface area (Å²) in [4.78, 5) is 0. The molecule has 0 saturated heterocycles. The molecule has 0 heterocycles. The van der Waals surface area contributed by atoms with Crippen LogP contribution in [0.4, 0.5) is 0 Å². The summed E-state index contributed by atoms with van der Waals surface area (Å²) < 4.78 is 7.56. The summed E-state index contributed by atoms with van der Waals surface area (Å²) in [5, 5.41) is 11.6.